The summed E-state index contributed by atoms with van der Waals surface area (Å²) < 4.78 is 0. The van der Waals surface area contributed by atoms with E-state index in [4.69, 9.17) is 0 Å². The maximum Gasteiger partial charge on any atom is 0.326 e. The van der Waals surface area contributed by atoms with E-state index in [2.05, 4.69) is 30.9 Å². The standard InChI is InChI=1S/C20H22N6O2/c1-13-10-18(22-8-3-4-14(2)27)25-19(23-13)26-20(28)24-17-6-5-16-12-21-9-7-15(16)11-17/h5-7,9-12H,3-4,8H2,1-2H3,(H3,22,23,24,25,26,28). The summed E-state index contributed by atoms with van der Waals surface area (Å²) in [7, 11) is 0. The van der Waals surface area contributed by atoms with Crippen molar-refractivity contribution in [3.8, 4) is 0 Å². The van der Waals surface area contributed by atoms with Crippen LogP contribution in [0.1, 0.15) is 25.5 Å². The van der Waals surface area contributed by atoms with Crippen molar-refractivity contribution in [3.05, 3.63) is 48.4 Å². The Kier molecular flexibility index (Phi) is 6.11. The van der Waals surface area contributed by atoms with E-state index in [9.17, 15) is 9.59 Å². The summed E-state index contributed by atoms with van der Waals surface area (Å²) in [4.78, 5) is 35.9. The molecule has 0 spiro atoms. The van der Waals surface area contributed by atoms with Gasteiger partial charge in [-0.05, 0) is 43.9 Å². The van der Waals surface area contributed by atoms with Crippen LogP contribution < -0.4 is 16.0 Å². The molecule has 0 fully saturated rings. The second-order valence-electron chi connectivity index (χ2n) is 6.47. The second kappa shape index (κ2) is 8.90. The summed E-state index contributed by atoms with van der Waals surface area (Å²) in [5.74, 6) is 0.964. The van der Waals surface area contributed by atoms with Crippen molar-refractivity contribution < 1.29 is 9.59 Å². The molecule has 2 heterocycles. The van der Waals surface area contributed by atoms with Crippen molar-refractivity contribution in [2.75, 3.05) is 22.5 Å². The van der Waals surface area contributed by atoms with Crippen LogP contribution in [0.5, 0.6) is 0 Å². The molecule has 0 radical (unpaired) electrons. The molecule has 3 aromatic rings. The molecule has 0 aliphatic heterocycles. The molecule has 144 valence electrons. The fourth-order valence-corrected chi connectivity index (χ4v) is 2.69. The van der Waals surface area contributed by atoms with Gasteiger partial charge < -0.3 is 15.4 Å². The van der Waals surface area contributed by atoms with Crippen LogP contribution in [0.25, 0.3) is 10.8 Å². The minimum atomic E-state index is -0.429. The molecule has 0 bridgehead atoms. The van der Waals surface area contributed by atoms with Crippen molar-refractivity contribution >= 4 is 40.0 Å². The number of aromatic nitrogens is 3. The average Bonchev–Trinajstić information content (AvgIpc) is 2.64. The van der Waals surface area contributed by atoms with Gasteiger partial charge >= 0.3 is 6.03 Å². The van der Waals surface area contributed by atoms with Gasteiger partial charge in [0.15, 0.2) is 0 Å². The van der Waals surface area contributed by atoms with E-state index < -0.39 is 6.03 Å². The molecule has 0 saturated carbocycles. The van der Waals surface area contributed by atoms with Gasteiger partial charge in [-0.15, -0.1) is 0 Å². The Bertz CT molecular complexity index is 1000. The summed E-state index contributed by atoms with van der Waals surface area (Å²) in [6, 6.07) is 8.81. The Labute approximate surface area is 162 Å². The number of benzene rings is 1. The van der Waals surface area contributed by atoms with E-state index in [1.54, 1.807) is 25.4 Å². The van der Waals surface area contributed by atoms with E-state index in [1.807, 2.05) is 31.2 Å². The van der Waals surface area contributed by atoms with Crippen LogP contribution in [0, 0.1) is 6.92 Å². The summed E-state index contributed by atoms with van der Waals surface area (Å²) in [6.07, 6.45) is 4.72. The monoisotopic (exact) mass is 378 g/mol. The molecular weight excluding hydrogens is 356 g/mol. The molecule has 0 saturated heterocycles. The number of urea groups is 1. The number of rotatable bonds is 7. The molecule has 3 rings (SSSR count). The third-order valence-corrected chi connectivity index (χ3v) is 3.99. The number of carbonyl (C=O) groups is 2. The van der Waals surface area contributed by atoms with E-state index in [0.717, 1.165) is 22.9 Å². The highest BCUT2D eigenvalue weighted by Gasteiger charge is 2.08. The molecule has 1 aromatic carbocycles. The zero-order valence-electron chi connectivity index (χ0n) is 15.8. The Hall–Kier alpha value is -3.55. The number of ketones is 1. The number of pyridine rings is 1. The third-order valence-electron chi connectivity index (χ3n) is 3.99. The van der Waals surface area contributed by atoms with Crippen molar-refractivity contribution in [1.29, 1.82) is 0 Å². The first-order chi connectivity index (χ1) is 13.5. The molecule has 3 N–H and O–H groups in total. The number of fused-ring (bicyclic) bond motifs is 1. The van der Waals surface area contributed by atoms with Crippen molar-refractivity contribution in [2.45, 2.75) is 26.7 Å². The summed E-state index contributed by atoms with van der Waals surface area (Å²) >= 11 is 0. The van der Waals surface area contributed by atoms with Gasteiger partial charge in [0.25, 0.3) is 0 Å². The molecule has 0 aliphatic rings. The summed E-state index contributed by atoms with van der Waals surface area (Å²) in [5.41, 5.74) is 1.38. The fourth-order valence-electron chi connectivity index (χ4n) is 2.69. The molecule has 28 heavy (non-hydrogen) atoms. The van der Waals surface area contributed by atoms with E-state index in [-0.39, 0.29) is 11.7 Å². The van der Waals surface area contributed by atoms with Crippen LogP contribution in [-0.4, -0.2) is 33.3 Å². The van der Waals surface area contributed by atoms with E-state index in [0.29, 0.717) is 24.5 Å². The average molecular weight is 378 g/mol. The van der Waals surface area contributed by atoms with Crippen molar-refractivity contribution in [1.82, 2.24) is 15.0 Å². The van der Waals surface area contributed by atoms with Crippen molar-refractivity contribution in [3.63, 3.8) is 0 Å². The number of amides is 2. The Morgan fingerprint density at radius 2 is 1.89 bits per heavy atom. The van der Waals surface area contributed by atoms with Gasteiger partial charge in [0.05, 0.1) is 0 Å². The number of Topliss-reactive ketones (excluding diaryl/α,β-unsaturated/α-hetero) is 1. The van der Waals surface area contributed by atoms with Crippen molar-refractivity contribution in [2.24, 2.45) is 0 Å². The maximum absolute atomic E-state index is 12.3. The predicted octanol–water partition coefficient (Wildman–Crippen LogP) is 3.76. The van der Waals surface area contributed by atoms with Crippen LogP contribution in [0.3, 0.4) is 0 Å². The number of nitrogens with zero attached hydrogens (tertiary/aromatic N) is 3. The summed E-state index contributed by atoms with van der Waals surface area (Å²) in [5, 5.41) is 10.6. The second-order valence-corrected chi connectivity index (χ2v) is 6.47. The smallest absolute Gasteiger partial charge is 0.326 e. The lowest BCUT2D eigenvalue weighted by atomic mass is 10.1. The summed E-state index contributed by atoms with van der Waals surface area (Å²) in [6.45, 7) is 4.01. The highest BCUT2D eigenvalue weighted by atomic mass is 16.2. The number of carbonyl (C=O) groups excluding carboxylic acids is 2. The molecule has 8 heteroatoms. The van der Waals surface area contributed by atoms with Crippen LogP contribution in [0.4, 0.5) is 22.2 Å². The molecule has 8 nitrogen and oxygen atoms in total. The molecule has 2 aromatic heterocycles. The van der Waals surface area contributed by atoms with Gasteiger partial charge in [-0.1, -0.05) is 6.07 Å². The van der Waals surface area contributed by atoms with Gasteiger partial charge in [-0.2, -0.15) is 4.98 Å². The van der Waals surface area contributed by atoms with Gasteiger partial charge in [0, 0.05) is 48.2 Å². The maximum atomic E-state index is 12.3. The zero-order valence-corrected chi connectivity index (χ0v) is 15.8. The number of hydrogen-bond acceptors (Lipinski definition) is 6. The number of nitrogens with one attached hydrogen (secondary N) is 3. The lowest BCUT2D eigenvalue weighted by Gasteiger charge is -2.10. The number of aryl methyl sites for hydroxylation is 1. The minimum absolute atomic E-state index is 0.157. The lowest BCUT2D eigenvalue weighted by molar-refractivity contribution is -0.117. The van der Waals surface area contributed by atoms with Gasteiger partial charge in [0.2, 0.25) is 5.95 Å². The van der Waals surface area contributed by atoms with Gasteiger partial charge in [0.1, 0.15) is 11.6 Å². The predicted molar refractivity (Wildman–Crippen MR) is 110 cm³/mol. The fraction of sp³-hybridized carbons (Fsp3) is 0.250. The Morgan fingerprint density at radius 3 is 2.71 bits per heavy atom. The van der Waals surface area contributed by atoms with Gasteiger partial charge in [-0.25, -0.2) is 9.78 Å². The van der Waals surface area contributed by atoms with Crippen LogP contribution in [-0.2, 0) is 4.79 Å². The molecule has 0 atom stereocenters. The van der Waals surface area contributed by atoms with Gasteiger partial charge in [-0.3, -0.25) is 10.3 Å². The quantitative estimate of drug-likeness (QED) is 0.540. The normalized spacial score (nSPS) is 10.5. The number of anilines is 3. The Balaban J connectivity index is 1.61. The number of hydrogen-bond donors (Lipinski definition) is 3. The largest absolute Gasteiger partial charge is 0.370 e. The van der Waals surface area contributed by atoms with Crippen LogP contribution >= 0.6 is 0 Å². The highest BCUT2D eigenvalue weighted by Crippen LogP contribution is 2.18. The first kappa shape index (κ1) is 19.2. The topological polar surface area (TPSA) is 109 Å². The van der Waals surface area contributed by atoms with E-state index >= 15 is 0 Å². The van der Waals surface area contributed by atoms with Crippen LogP contribution in [0.2, 0.25) is 0 Å². The molecule has 0 aliphatic carbocycles. The minimum Gasteiger partial charge on any atom is -0.370 e. The molecule has 0 unspecified atom stereocenters. The van der Waals surface area contributed by atoms with E-state index in [1.165, 1.54) is 0 Å². The lowest BCUT2D eigenvalue weighted by Crippen LogP contribution is -2.21. The molecule has 2 amide bonds. The SMILES string of the molecule is CC(=O)CCCNc1cc(C)nc(NC(=O)Nc2ccc3cnccc3c2)n1. The first-order valence-corrected chi connectivity index (χ1v) is 9.00. The zero-order chi connectivity index (χ0) is 19.9. The Morgan fingerprint density at radius 1 is 1.04 bits per heavy atom. The van der Waals surface area contributed by atoms with Crippen LogP contribution in [0.15, 0.2) is 42.7 Å². The highest BCUT2D eigenvalue weighted by molar-refractivity contribution is 6.00. The molecular formula is C20H22N6O2. The first-order valence-electron chi connectivity index (χ1n) is 9.00. The third kappa shape index (κ3) is 5.47.